The summed E-state index contributed by atoms with van der Waals surface area (Å²) < 4.78 is 41.8. The van der Waals surface area contributed by atoms with Crippen molar-refractivity contribution in [1.29, 1.82) is 0 Å². The summed E-state index contributed by atoms with van der Waals surface area (Å²) in [4.78, 5) is 0.0476. The van der Waals surface area contributed by atoms with E-state index in [-0.39, 0.29) is 10.7 Å². The molecule has 0 bridgehead atoms. The van der Waals surface area contributed by atoms with Crippen molar-refractivity contribution in [1.82, 2.24) is 0 Å². The molecule has 0 atom stereocenters. The first kappa shape index (κ1) is 14.3. The minimum Gasteiger partial charge on any atom is -0.379 e. The van der Waals surface area contributed by atoms with Crippen LogP contribution in [0.5, 0.6) is 0 Å². The van der Waals surface area contributed by atoms with Crippen LogP contribution in [0.3, 0.4) is 0 Å². The van der Waals surface area contributed by atoms with Crippen LogP contribution < -0.4 is 0 Å². The average molecular weight is 292 g/mol. The number of benzene rings is 2. The highest BCUT2D eigenvalue weighted by Gasteiger charge is 2.17. The van der Waals surface area contributed by atoms with Crippen LogP contribution in [0.25, 0.3) is 5.76 Å². The van der Waals surface area contributed by atoms with E-state index in [2.05, 4.69) is 6.58 Å². The van der Waals surface area contributed by atoms with Crippen LogP contribution in [0.1, 0.15) is 11.1 Å². The molecule has 0 saturated heterocycles. The maximum absolute atomic E-state index is 12.8. The molecule has 0 heterocycles. The van der Waals surface area contributed by atoms with E-state index >= 15 is 0 Å². The molecule has 104 valence electrons. The topological polar surface area (TPSA) is 43.4 Å². The second-order valence-electron chi connectivity index (χ2n) is 4.28. The summed E-state index contributed by atoms with van der Waals surface area (Å²) in [5.41, 5.74) is 1.35. The van der Waals surface area contributed by atoms with E-state index in [0.29, 0.717) is 5.56 Å². The Labute approximate surface area is 117 Å². The van der Waals surface area contributed by atoms with Gasteiger partial charge in [0.25, 0.3) is 0 Å². The minimum absolute atomic E-state index is 0.0476. The smallest absolute Gasteiger partial charge is 0.339 e. The molecular formula is C15H13FO3S. The van der Waals surface area contributed by atoms with Gasteiger partial charge >= 0.3 is 10.1 Å². The molecule has 3 nitrogen and oxygen atoms in total. The van der Waals surface area contributed by atoms with Gasteiger partial charge in [0.15, 0.2) is 0 Å². The number of aryl methyl sites for hydroxylation is 1. The summed E-state index contributed by atoms with van der Waals surface area (Å²) in [7, 11) is -3.93. The molecule has 0 saturated carbocycles. The summed E-state index contributed by atoms with van der Waals surface area (Å²) in [6.45, 7) is 5.41. The van der Waals surface area contributed by atoms with Crippen LogP contribution >= 0.6 is 0 Å². The summed E-state index contributed by atoms with van der Waals surface area (Å²) in [5.74, 6) is -0.464. The summed E-state index contributed by atoms with van der Waals surface area (Å²) in [6, 6.07) is 11.5. The monoisotopic (exact) mass is 292 g/mol. The van der Waals surface area contributed by atoms with Gasteiger partial charge in [-0.15, -0.1) is 0 Å². The molecule has 0 aromatic heterocycles. The first-order chi connectivity index (χ1) is 9.38. The second kappa shape index (κ2) is 5.46. The maximum Gasteiger partial charge on any atom is 0.339 e. The highest BCUT2D eigenvalue weighted by Crippen LogP contribution is 2.21. The molecule has 0 aliphatic heterocycles. The Morgan fingerprint density at radius 1 is 1.05 bits per heavy atom. The van der Waals surface area contributed by atoms with E-state index in [1.54, 1.807) is 12.1 Å². The molecule has 0 aliphatic carbocycles. The lowest BCUT2D eigenvalue weighted by Crippen LogP contribution is -2.05. The van der Waals surface area contributed by atoms with Gasteiger partial charge in [-0.1, -0.05) is 24.3 Å². The molecule has 0 N–H and O–H groups in total. The molecule has 2 aromatic carbocycles. The predicted molar refractivity (Wildman–Crippen MR) is 74.9 cm³/mol. The van der Waals surface area contributed by atoms with Gasteiger partial charge in [0, 0.05) is 5.56 Å². The zero-order valence-corrected chi connectivity index (χ0v) is 11.7. The third kappa shape index (κ3) is 3.24. The molecule has 0 unspecified atom stereocenters. The van der Waals surface area contributed by atoms with Crippen molar-refractivity contribution in [2.24, 2.45) is 0 Å². The molecule has 0 amide bonds. The highest BCUT2D eigenvalue weighted by atomic mass is 32.2. The van der Waals surface area contributed by atoms with Crippen LogP contribution in [0, 0.1) is 12.7 Å². The molecule has 2 aromatic rings. The van der Waals surface area contributed by atoms with E-state index in [9.17, 15) is 12.8 Å². The normalized spacial score (nSPS) is 11.1. The van der Waals surface area contributed by atoms with E-state index in [1.807, 2.05) is 6.92 Å². The number of hydrogen-bond donors (Lipinski definition) is 0. The van der Waals surface area contributed by atoms with Gasteiger partial charge in [-0.25, -0.2) is 4.39 Å². The van der Waals surface area contributed by atoms with Crippen molar-refractivity contribution in [3.05, 3.63) is 72.1 Å². The standard InChI is InChI=1S/C15H13FO3S/c1-11-3-9-15(10-4-11)20(17,18)19-12(2)13-5-7-14(16)8-6-13/h3-10H,2H2,1H3. The fourth-order valence-corrected chi connectivity index (χ4v) is 2.50. The molecule has 2 rings (SSSR count). The van der Waals surface area contributed by atoms with E-state index in [1.165, 1.54) is 36.4 Å². The summed E-state index contributed by atoms with van der Waals surface area (Å²) >= 11 is 0. The van der Waals surface area contributed by atoms with Crippen molar-refractivity contribution in [2.75, 3.05) is 0 Å². The molecule has 20 heavy (non-hydrogen) atoms. The van der Waals surface area contributed by atoms with Gasteiger partial charge in [0.05, 0.1) is 0 Å². The third-order valence-electron chi connectivity index (χ3n) is 2.69. The fourth-order valence-electron chi connectivity index (χ4n) is 1.57. The van der Waals surface area contributed by atoms with Crippen LogP contribution in [0.4, 0.5) is 4.39 Å². The largest absolute Gasteiger partial charge is 0.379 e. The van der Waals surface area contributed by atoms with Gasteiger partial charge in [-0.2, -0.15) is 8.42 Å². The second-order valence-corrected chi connectivity index (χ2v) is 5.83. The number of hydrogen-bond acceptors (Lipinski definition) is 3. The Balaban J connectivity index is 2.22. The Morgan fingerprint density at radius 2 is 1.60 bits per heavy atom. The van der Waals surface area contributed by atoms with Crippen molar-refractivity contribution >= 4 is 15.9 Å². The van der Waals surface area contributed by atoms with Crippen molar-refractivity contribution in [3.8, 4) is 0 Å². The fraction of sp³-hybridized carbons (Fsp3) is 0.0667. The molecule has 0 radical (unpaired) electrons. The Morgan fingerprint density at radius 3 is 2.15 bits per heavy atom. The highest BCUT2D eigenvalue weighted by molar-refractivity contribution is 7.87. The summed E-state index contributed by atoms with van der Waals surface area (Å²) in [6.07, 6.45) is 0. The van der Waals surface area contributed by atoms with Gasteiger partial charge in [0.2, 0.25) is 0 Å². The lowest BCUT2D eigenvalue weighted by Gasteiger charge is -2.09. The molecular weight excluding hydrogens is 279 g/mol. The lowest BCUT2D eigenvalue weighted by molar-refractivity contribution is 0.464. The summed E-state index contributed by atoms with van der Waals surface area (Å²) in [5, 5.41) is 0. The van der Waals surface area contributed by atoms with Crippen molar-refractivity contribution in [3.63, 3.8) is 0 Å². The minimum atomic E-state index is -3.93. The Kier molecular flexibility index (Phi) is 3.90. The van der Waals surface area contributed by atoms with Crippen LogP contribution in [0.2, 0.25) is 0 Å². The molecule has 0 aliphatic rings. The predicted octanol–water partition coefficient (Wildman–Crippen LogP) is 3.51. The molecule has 0 fully saturated rings. The van der Waals surface area contributed by atoms with E-state index in [4.69, 9.17) is 4.18 Å². The average Bonchev–Trinajstić information content (AvgIpc) is 2.39. The molecule has 0 spiro atoms. The van der Waals surface area contributed by atoms with Crippen molar-refractivity contribution in [2.45, 2.75) is 11.8 Å². The Hall–Kier alpha value is -2.14. The van der Waals surface area contributed by atoms with Gasteiger partial charge in [0.1, 0.15) is 16.5 Å². The third-order valence-corrected chi connectivity index (χ3v) is 3.96. The van der Waals surface area contributed by atoms with E-state index in [0.717, 1.165) is 5.56 Å². The van der Waals surface area contributed by atoms with Crippen molar-refractivity contribution < 1.29 is 17.0 Å². The maximum atomic E-state index is 12.8. The van der Waals surface area contributed by atoms with E-state index < -0.39 is 15.9 Å². The van der Waals surface area contributed by atoms with Crippen LogP contribution in [-0.2, 0) is 14.3 Å². The first-order valence-corrected chi connectivity index (χ1v) is 7.25. The quantitative estimate of drug-likeness (QED) is 0.640. The van der Waals surface area contributed by atoms with Crippen LogP contribution in [0.15, 0.2) is 60.0 Å². The zero-order chi connectivity index (χ0) is 14.8. The van der Waals surface area contributed by atoms with Crippen LogP contribution in [-0.4, -0.2) is 8.42 Å². The Bertz CT molecular complexity index is 717. The molecule has 5 heteroatoms. The van der Waals surface area contributed by atoms with Gasteiger partial charge in [-0.05, 0) is 43.3 Å². The zero-order valence-electron chi connectivity index (χ0n) is 10.8. The lowest BCUT2D eigenvalue weighted by atomic mass is 10.2. The number of rotatable bonds is 4. The van der Waals surface area contributed by atoms with Gasteiger partial charge < -0.3 is 4.18 Å². The SMILES string of the molecule is C=C(OS(=O)(=O)c1ccc(C)cc1)c1ccc(F)cc1. The van der Waals surface area contributed by atoms with Gasteiger partial charge in [-0.3, -0.25) is 0 Å². The number of halogens is 1. The first-order valence-electron chi connectivity index (χ1n) is 5.84.